The monoisotopic (exact) mass is 515 g/mol. The Morgan fingerprint density at radius 1 is 1.15 bits per heavy atom. The van der Waals surface area contributed by atoms with Crippen LogP contribution in [0.2, 0.25) is 5.02 Å². The van der Waals surface area contributed by atoms with E-state index in [1.807, 2.05) is 6.07 Å². The molecule has 2 aromatic rings. The average Bonchev–Trinajstić information content (AvgIpc) is 3.63. The van der Waals surface area contributed by atoms with E-state index in [2.05, 4.69) is 10.6 Å². The molecule has 0 heterocycles. The van der Waals surface area contributed by atoms with Crippen LogP contribution in [0.5, 0.6) is 0 Å². The van der Waals surface area contributed by atoms with Gasteiger partial charge in [0.25, 0.3) is 12.3 Å². The lowest BCUT2D eigenvalue weighted by Gasteiger charge is -2.12. The highest BCUT2D eigenvalue weighted by atomic mass is 35.5. The molecule has 0 bridgehead atoms. The van der Waals surface area contributed by atoms with E-state index in [9.17, 15) is 22.8 Å². The number of rotatable bonds is 6. The van der Waals surface area contributed by atoms with Crippen molar-refractivity contribution in [3.05, 3.63) is 63.9 Å². The van der Waals surface area contributed by atoms with Gasteiger partial charge in [-0.15, -0.1) is 23.2 Å². The number of hydrogen-bond acceptors (Lipinski definition) is 3. The molecular formula is C22H15Cl3F3N3O2. The lowest BCUT2D eigenvalue weighted by Crippen LogP contribution is -2.35. The molecule has 0 aliphatic heterocycles. The van der Waals surface area contributed by atoms with Gasteiger partial charge in [0.1, 0.15) is 15.7 Å². The molecule has 2 fully saturated rings. The quantitative estimate of drug-likeness (QED) is 0.481. The number of nitrogens with one attached hydrogen (secondary N) is 2. The van der Waals surface area contributed by atoms with E-state index in [0.717, 1.165) is 12.1 Å². The molecule has 33 heavy (non-hydrogen) atoms. The Morgan fingerprint density at radius 2 is 1.85 bits per heavy atom. The van der Waals surface area contributed by atoms with Crippen molar-refractivity contribution in [3.63, 3.8) is 0 Å². The fourth-order valence-corrected chi connectivity index (χ4v) is 4.68. The van der Waals surface area contributed by atoms with Crippen LogP contribution >= 0.6 is 34.8 Å². The maximum absolute atomic E-state index is 14.0. The van der Waals surface area contributed by atoms with Gasteiger partial charge < -0.3 is 10.6 Å². The van der Waals surface area contributed by atoms with Gasteiger partial charge in [-0.25, -0.2) is 13.2 Å². The summed E-state index contributed by atoms with van der Waals surface area (Å²) in [5, 5.41) is 14.5. The zero-order valence-electron chi connectivity index (χ0n) is 16.6. The number of carbonyl (C=O) groups is 2. The smallest absolute Gasteiger partial charge is 0.266 e. The molecule has 0 unspecified atom stereocenters. The van der Waals surface area contributed by atoms with Gasteiger partial charge in [-0.1, -0.05) is 23.7 Å². The van der Waals surface area contributed by atoms with Crippen LogP contribution in [0.15, 0.2) is 36.4 Å². The van der Waals surface area contributed by atoms with Crippen molar-refractivity contribution in [2.45, 2.75) is 35.1 Å². The molecule has 0 saturated heterocycles. The van der Waals surface area contributed by atoms with E-state index in [0.29, 0.717) is 12.8 Å². The topological polar surface area (TPSA) is 82.0 Å². The summed E-state index contributed by atoms with van der Waals surface area (Å²) in [5.74, 6) is -4.08. The standard InChI is InChI=1S/C22H15Cl3F3N3O2/c23-14-4-2-11(8-13(14)19(32)31-21(9-29)5-6-21)30-20(33)17-16(22(17,24)25)10-1-3-12(18(27)28)15(26)7-10/h1-4,7-8,16-18H,5-6H2,(H,30,33)(H,31,32)/t16-,17+/m1/s1. The summed E-state index contributed by atoms with van der Waals surface area (Å²) in [5.41, 5.74) is -1.15. The van der Waals surface area contributed by atoms with E-state index >= 15 is 0 Å². The SMILES string of the molecule is N#CC1(NC(=O)c2cc(NC(=O)[C@@H]3[C@@H](c4ccc(C(F)F)c(F)c4)C3(Cl)Cl)ccc2Cl)CC1. The molecular weight excluding hydrogens is 502 g/mol. The molecule has 0 spiro atoms. The Hall–Kier alpha value is -2.47. The number of anilines is 1. The van der Waals surface area contributed by atoms with Crippen LogP contribution in [0.4, 0.5) is 18.9 Å². The van der Waals surface area contributed by atoms with Crippen molar-refractivity contribution in [3.8, 4) is 6.07 Å². The van der Waals surface area contributed by atoms with E-state index in [-0.39, 0.29) is 21.8 Å². The third-order valence-corrected chi connectivity index (χ3v) is 7.02. The number of hydrogen-bond donors (Lipinski definition) is 2. The van der Waals surface area contributed by atoms with Crippen LogP contribution in [0.1, 0.15) is 46.7 Å². The first-order valence-corrected chi connectivity index (χ1v) is 10.9. The van der Waals surface area contributed by atoms with Gasteiger partial charge >= 0.3 is 0 Å². The highest BCUT2D eigenvalue weighted by Gasteiger charge is 2.67. The van der Waals surface area contributed by atoms with E-state index < -0.39 is 51.3 Å². The predicted octanol–water partition coefficient (Wildman–Crippen LogP) is 5.73. The largest absolute Gasteiger partial charge is 0.334 e. The molecule has 2 aliphatic carbocycles. The van der Waals surface area contributed by atoms with E-state index in [4.69, 9.17) is 40.1 Å². The zero-order chi connectivity index (χ0) is 24.1. The molecule has 4 rings (SSSR count). The van der Waals surface area contributed by atoms with Crippen molar-refractivity contribution in [2.24, 2.45) is 5.92 Å². The number of alkyl halides is 4. The molecule has 2 N–H and O–H groups in total. The second kappa shape index (κ2) is 8.39. The number of carbonyl (C=O) groups excluding carboxylic acids is 2. The van der Waals surface area contributed by atoms with Gasteiger partial charge in [0.2, 0.25) is 5.91 Å². The highest BCUT2D eigenvalue weighted by molar-refractivity contribution is 6.53. The van der Waals surface area contributed by atoms with Crippen molar-refractivity contribution in [1.82, 2.24) is 5.32 Å². The molecule has 5 nitrogen and oxygen atoms in total. The van der Waals surface area contributed by atoms with Crippen LogP contribution in [0, 0.1) is 23.1 Å². The Bertz CT molecular complexity index is 1200. The first-order valence-electron chi connectivity index (χ1n) is 9.78. The van der Waals surface area contributed by atoms with Gasteiger partial charge in [0.05, 0.1) is 28.1 Å². The Balaban J connectivity index is 1.50. The van der Waals surface area contributed by atoms with Crippen molar-refractivity contribution < 1.29 is 22.8 Å². The fourth-order valence-electron chi connectivity index (χ4n) is 3.65. The minimum absolute atomic E-state index is 0.0657. The highest BCUT2D eigenvalue weighted by Crippen LogP contribution is 2.65. The number of nitriles is 1. The van der Waals surface area contributed by atoms with E-state index in [1.54, 1.807) is 0 Å². The van der Waals surface area contributed by atoms with Crippen LogP contribution in [0.3, 0.4) is 0 Å². The zero-order valence-corrected chi connectivity index (χ0v) is 18.9. The van der Waals surface area contributed by atoms with E-state index in [1.165, 1.54) is 24.3 Å². The lowest BCUT2D eigenvalue weighted by molar-refractivity contribution is -0.117. The molecule has 2 aromatic carbocycles. The minimum atomic E-state index is -2.98. The van der Waals surface area contributed by atoms with Gasteiger partial charge in [0, 0.05) is 11.6 Å². The molecule has 2 saturated carbocycles. The summed E-state index contributed by atoms with van der Waals surface area (Å²) < 4.78 is 38.0. The minimum Gasteiger partial charge on any atom is -0.334 e. The van der Waals surface area contributed by atoms with Gasteiger partial charge in [0.15, 0.2) is 0 Å². The molecule has 2 aliphatic rings. The number of nitrogens with zero attached hydrogens (tertiary/aromatic N) is 1. The summed E-state index contributed by atoms with van der Waals surface area (Å²) in [6.45, 7) is 0. The number of amides is 2. The van der Waals surface area contributed by atoms with Crippen molar-refractivity contribution >= 4 is 52.3 Å². The molecule has 2 atom stereocenters. The Morgan fingerprint density at radius 3 is 2.42 bits per heavy atom. The fraction of sp³-hybridized carbons (Fsp3) is 0.318. The number of halogens is 6. The number of benzene rings is 2. The first-order chi connectivity index (χ1) is 15.5. The third-order valence-electron chi connectivity index (χ3n) is 5.75. The van der Waals surface area contributed by atoms with Crippen molar-refractivity contribution in [1.29, 1.82) is 5.26 Å². The van der Waals surface area contributed by atoms with Crippen molar-refractivity contribution in [2.75, 3.05) is 5.32 Å². The normalized spacial score (nSPS) is 21.8. The Labute approximate surface area is 201 Å². The molecule has 11 heteroatoms. The summed E-state index contributed by atoms with van der Waals surface area (Å²) in [7, 11) is 0. The molecule has 172 valence electrons. The predicted molar refractivity (Wildman–Crippen MR) is 117 cm³/mol. The van der Waals surface area contributed by atoms with Gasteiger partial charge in [-0.05, 0) is 42.7 Å². The Kier molecular flexibility index (Phi) is 6.02. The van der Waals surface area contributed by atoms with Crippen LogP contribution in [0.25, 0.3) is 0 Å². The molecule has 2 amide bonds. The maximum atomic E-state index is 14.0. The second-order valence-electron chi connectivity index (χ2n) is 8.04. The second-order valence-corrected chi connectivity index (χ2v) is 9.89. The molecule has 0 radical (unpaired) electrons. The van der Waals surface area contributed by atoms with Gasteiger partial charge in [-0.2, -0.15) is 5.26 Å². The van der Waals surface area contributed by atoms with Crippen LogP contribution in [-0.2, 0) is 4.79 Å². The first kappa shape index (κ1) is 23.7. The molecule has 0 aromatic heterocycles. The average molecular weight is 517 g/mol. The summed E-state index contributed by atoms with van der Waals surface area (Å²) >= 11 is 18.6. The third kappa shape index (κ3) is 4.50. The maximum Gasteiger partial charge on any atom is 0.266 e. The lowest BCUT2D eigenvalue weighted by atomic mass is 10.1. The summed E-state index contributed by atoms with van der Waals surface area (Å²) in [6, 6.07) is 9.36. The van der Waals surface area contributed by atoms with Crippen LogP contribution < -0.4 is 10.6 Å². The van der Waals surface area contributed by atoms with Crippen LogP contribution in [-0.4, -0.2) is 21.7 Å². The summed E-state index contributed by atoms with van der Waals surface area (Å²) in [4.78, 5) is 25.3. The van der Waals surface area contributed by atoms with Gasteiger partial charge in [-0.3, -0.25) is 9.59 Å². The summed E-state index contributed by atoms with van der Waals surface area (Å²) in [6.07, 6.45) is -1.90.